The summed E-state index contributed by atoms with van der Waals surface area (Å²) in [6.07, 6.45) is 1.36. The third-order valence-electron chi connectivity index (χ3n) is 2.84. The Morgan fingerprint density at radius 2 is 1.95 bits per heavy atom. The highest BCUT2D eigenvalue weighted by Crippen LogP contribution is 2.27. The first-order valence-electron chi connectivity index (χ1n) is 5.78. The minimum atomic E-state index is -0.754. The molecule has 0 amide bonds. The van der Waals surface area contributed by atoms with Gasteiger partial charge >= 0.3 is 0 Å². The maximum atomic E-state index is 14.0. The van der Waals surface area contributed by atoms with Crippen LogP contribution in [-0.4, -0.2) is 4.98 Å². The lowest BCUT2D eigenvalue weighted by Crippen LogP contribution is -2.08. The molecular weight excluding hydrogens is 253 g/mol. The van der Waals surface area contributed by atoms with Gasteiger partial charge in [-0.1, -0.05) is 0 Å². The Bertz CT molecular complexity index is 597. The van der Waals surface area contributed by atoms with Crippen molar-refractivity contribution in [1.29, 1.82) is 0 Å². The van der Waals surface area contributed by atoms with Crippen molar-refractivity contribution in [2.24, 2.45) is 5.73 Å². The zero-order valence-electron chi connectivity index (χ0n) is 10.3. The highest BCUT2D eigenvalue weighted by molar-refractivity contribution is 5.64. The number of benzene rings is 1. The van der Waals surface area contributed by atoms with Crippen LogP contribution < -0.4 is 5.73 Å². The summed E-state index contributed by atoms with van der Waals surface area (Å²) < 4.78 is 40.3. The lowest BCUT2D eigenvalue weighted by atomic mass is 10.0. The Morgan fingerprint density at radius 3 is 2.58 bits per heavy atom. The predicted octanol–water partition coefficient (Wildman–Crippen LogP) is 3.52. The molecule has 100 valence electrons. The van der Waals surface area contributed by atoms with Crippen LogP contribution in [0.3, 0.4) is 0 Å². The SMILES string of the molecule is C[C@H](N)c1cc(F)c(-c2ccnc(CF)c2)cc1F. The summed E-state index contributed by atoms with van der Waals surface area (Å²) in [7, 11) is 0. The molecule has 2 rings (SSSR count). The van der Waals surface area contributed by atoms with Crippen LogP contribution >= 0.6 is 0 Å². The van der Waals surface area contributed by atoms with Crippen LogP contribution in [-0.2, 0) is 6.67 Å². The molecule has 0 saturated carbocycles. The lowest BCUT2D eigenvalue weighted by Gasteiger charge is -2.11. The Hall–Kier alpha value is -1.88. The van der Waals surface area contributed by atoms with Gasteiger partial charge in [-0.3, -0.25) is 4.98 Å². The molecule has 0 aliphatic heterocycles. The molecule has 1 aromatic carbocycles. The van der Waals surface area contributed by atoms with Crippen molar-refractivity contribution in [3.63, 3.8) is 0 Å². The number of hydrogen-bond acceptors (Lipinski definition) is 2. The van der Waals surface area contributed by atoms with Crippen LogP contribution in [0.2, 0.25) is 0 Å². The minimum absolute atomic E-state index is 0.0685. The summed E-state index contributed by atoms with van der Waals surface area (Å²) >= 11 is 0. The van der Waals surface area contributed by atoms with Crippen molar-refractivity contribution in [1.82, 2.24) is 4.98 Å². The number of rotatable bonds is 3. The Kier molecular flexibility index (Phi) is 3.85. The molecule has 0 spiro atoms. The smallest absolute Gasteiger partial charge is 0.131 e. The van der Waals surface area contributed by atoms with Crippen LogP contribution in [0, 0.1) is 11.6 Å². The molecule has 0 fully saturated rings. The van der Waals surface area contributed by atoms with Crippen molar-refractivity contribution < 1.29 is 13.2 Å². The molecule has 0 aliphatic rings. The van der Waals surface area contributed by atoms with E-state index in [9.17, 15) is 13.2 Å². The van der Waals surface area contributed by atoms with Gasteiger partial charge in [0.05, 0.1) is 5.69 Å². The molecule has 0 unspecified atom stereocenters. The maximum absolute atomic E-state index is 14.0. The van der Waals surface area contributed by atoms with Gasteiger partial charge in [-0.05, 0) is 36.8 Å². The van der Waals surface area contributed by atoms with Gasteiger partial charge in [0.15, 0.2) is 0 Å². The number of aromatic nitrogens is 1. The van der Waals surface area contributed by atoms with Gasteiger partial charge in [0.1, 0.15) is 18.3 Å². The van der Waals surface area contributed by atoms with Crippen molar-refractivity contribution >= 4 is 0 Å². The van der Waals surface area contributed by atoms with E-state index in [1.807, 2.05) is 0 Å². The van der Waals surface area contributed by atoms with E-state index in [2.05, 4.69) is 4.98 Å². The topological polar surface area (TPSA) is 38.9 Å². The molecule has 2 aromatic rings. The van der Waals surface area contributed by atoms with Gasteiger partial charge in [0.2, 0.25) is 0 Å². The highest BCUT2D eigenvalue weighted by atomic mass is 19.1. The van der Waals surface area contributed by atoms with Crippen molar-refractivity contribution in [3.05, 3.63) is 53.4 Å². The van der Waals surface area contributed by atoms with Gasteiger partial charge < -0.3 is 5.73 Å². The van der Waals surface area contributed by atoms with Gasteiger partial charge in [-0.25, -0.2) is 13.2 Å². The number of nitrogens with two attached hydrogens (primary N) is 1. The zero-order valence-corrected chi connectivity index (χ0v) is 10.3. The molecule has 1 atom stereocenters. The first-order valence-corrected chi connectivity index (χ1v) is 5.78. The molecule has 1 aromatic heterocycles. The van der Waals surface area contributed by atoms with Crippen molar-refractivity contribution in [2.75, 3.05) is 0 Å². The fourth-order valence-electron chi connectivity index (χ4n) is 1.85. The van der Waals surface area contributed by atoms with E-state index in [1.54, 1.807) is 6.92 Å². The van der Waals surface area contributed by atoms with E-state index >= 15 is 0 Å². The highest BCUT2D eigenvalue weighted by Gasteiger charge is 2.14. The van der Waals surface area contributed by atoms with Crippen LogP contribution in [0.1, 0.15) is 24.2 Å². The molecular formula is C14H13F3N2. The molecule has 19 heavy (non-hydrogen) atoms. The average Bonchev–Trinajstić information content (AvgIpc) is 2.40. The minimum Gasteiger partial charge on any atom is -0.324 e. The van der Waals surface area contributed by atoms with Crippen LogP contribution in [0.4, 0.5) is 13.2 Å². The Morgan fingerprint density at radius 1 is 1.21 bits per heavy atom. The second-order valence-corrected chi connectivity index (χ2v) is 4.31. The zero-order chi connectivity index (χ0) is 14.0. The van der Waals surface area contributed by atoms with Crippen LogP contribution in [0.25, 0.3) is 11.1 Å². The maximum Gasteiger partial charge on any atom is 0.131 e. The third kappa shape index (κ3) is 2.76. The molecule has 2 nitrogen and oxygen atoms in total. The summed E-state index contributed by atoms with van der Waals surface area (Å²) in [6, 6.07) is 4.45. The first-order chi connectivity index (χ1) is 9.02. The fourth-order valence-corrected chi connectivity index (χ4v) is 1.85. The number of alkyl halides is 1. The van der Waals surface area contributed by atoms with E-state index < -0.39 is 24.4 Å². The summed E-state index contributed by atoms with van der Waals surface area (Å²) in [5, 5.41) is 0. The molecule has 0 saturated heterocycles. The number of halogens is 3. The molecule has 5 heteroatoms. The van der Waals surface area contributed by atoms with Gasteiger partial charge in [-0.15, -0.1) is 0 Å². The van der Waals surface area contributed by atoms with E-state index in [1.165, 1.54) is 18.3 Å². The Labute approximate surface area is 109 Å². The van der Waals surface area contributed by atoms with Crippen LogP contribution in [0.5, 0.6) is 0 Å². The quantitative estimate of drug-likeness (QED) is 0.923. The molecule has 2 N–H and O–H groups in total. The van der Waals surface area contributed by atoms with Crippen molar-refractivity contribution in [3.8, 4) is 11.1 Å². The lowest BCUT2D eigenvalue weighted by molar-refractivity contribution is 0.476. The van der Waals surface area contributed by atoms with Gasteiger partial charge in [-0.2, -0.15) is 0 Å². The molecule has 0 aliphatic carbocycles. The third-order valence-corrected chi connectivity index (χ3v) is 2.84. The van der Waals surface area contributed by atoms with Crippen LogP contribution in [0.15, 0.2) is 30.5 Å². The molecule has 0 bridgehead atoms. The predicted molar refractivity (Wildman–Crippen MR) is 67.0 cm³/mol. The second-order valence-electron chi connectivity index (χ2n) is 4.31. The average molecular weight is 266 g/mol. The first kappa shape index (κ1) is 13.5. The van der Waals surface area contributed by atoms with Gasteiger partial charge in [0, 0.05) is 23.4 Å². The van der Waals surface area contributed by atoms with E-state index in [-0.39, 0.29) is 16.8 Å². The number of nitrogens with zero attached hydrogens (tertiary/aromatic N) is 1. The summed E-state index contributed by atoms with van der Waals surface area (Å²) in [5.74, 6) is -1.17. The standard InChI is InChI=1S/C14H13F3N2/c1-8(18)11-5-14(17)12(6-13(11)16)9-2-3-19-10(4-9)7-15/h2-6,8H,7,18H2,1H3/t8-/m0/s1. The van der Waals surface area contributed by atoms with E-state index in [0.29, 0.717) is 5.56 Å². The summed E-state index contributed by atoms with van der Waals surface area (Å²) in [6.45, 7) is 0.820. The second kappa shape index (κ2) is 5.40. The number of hydrogen-bond donors (Lipinski definition) is 1. The largest absolute Gasteiger partial charge is 0.324 e. The van der Waals surface area contributed by atoms with Crippen molar-refractivity contribution in [2.45, 2.75) is 19.6 Å². The fraction of sp³-hybridized carbons (Fsp3) is 0.214. The number of pyridine rings is 1. The van der Waals surface area contributed by atoms with E-state index in [4.69, 9.17) is 5.73 Å². The normalized spacial score (nSPS) is 12.5. The monoisotopic (exact) mass is 266 g/mol. The van der Waals surface area contributed by atoms with Gasteiger partial charge in [0.25, 0.3) is 0 Å². The summed E-state index contributed by atoms with van der Waals surface area (Å²) in [5.41, 5.74) is 6.29. The van der Waals surface area contributed by atoms with E-state index in [0.717, 1.165) is 12.1 Å². The summed E-state index contributed by atoms with van der Waals surface area (Å²) in [4.78, 5) is 3.77. The Balaban J connectivity index is 2.53. The molecule has 0 radical (unpaired) electrons. The molecule has 1 heterocycles.